The quantitative estimate of drug-likeness (QED) is 0.0218. The molecule has 4 aliphatic heterocycles. The van der Waals surface area contributed by atoms with E-state index in [-0.39, 0.29) is 115 Å². The van der Waals surface area contributed by atoms with Crippen LogP contribution in [-0.2, 0) is 86.5 Å². The molecule has 0 radical (unpaired) electrons. The third kappa shape index (κ3) is 17.5. The van der Waals surface area contributed by atoms with Gasteiger partial charge in [0.1, 0.15) is 49.2 Å². The van der Waals surface area contributed by atoms with Crippen LogP contribution in [0.4, 0.5) is 35.7 Å². The Balaban J connectivity index is 0.718. The molecule has 0 saturated carbocycles. The predicted octanol–water partition coefficient (Wildman–Crippen LogP) is 3.29. The summed E-state index contributed by atoms with van der Waals surface area (Å²) in [5, 5.41) is 13.9. The number of unbranched alkanes of at least 4 members (excludes halogenated alkanes) is 2. The van der Waals surface area contributed by atoms with Gasteiger partial charge in [-0.05, 0) is 79.3 Å². The molecule has 7 amide bonds. The van der Waals surface area contributed by atoms with Crippen molar-refractivity contribution >= 4 is 118 Å². The van der Waals surface area contributed by atoms with Crippen LogP contribution in [0.3, 0.4) is 0 Å². The molecular weight excluding hydrogens is 1280 g/mol. The average Bonchev–Trinajstić information content (AvgIpc) is 1.65. The fraction of sp³-hybridized carbons (Fsp3) is 0.528. The number of nitrogen functional groups attached to an aromatic ring is 1. The van der Waals surface area contributed by atoms with E-state index in [9.17, 15) is 43.3 Å². The third-order valence-corrected chi connectivity index (χ3v) is 18.1. The number of carbonyl (C=O) groups is 7. The molecule has 32 nitrogen and oxygen atoms in total. The summed E-state index contributed by atoms with van der Waals surface area (Å²) < 4.78 is 75.4. The maximum atomic E-state index is 16.7. The molecule has 1 aromatic carbocycles. The number of fused-ring (bicyclic) bond motifs is 4. The van der Waals surface area contributed by atoms with Gasteiger partial charge >= 0.3 is 25.6 Å². The van der Waals surface area contributed by atoms with Crippen LogP contribution in [0, 0.1) is 11.8 Å². The number of anilines is 3. The summed E-state index contributed by atoms with van der Waals surface area (Å²) in [5.41, 5.74) is 12.7. The smallest absolute Gasteiger partial charge is 0.407 e. The van der Waals surface area contributed by atoms with Gasteiger partial charge in [-0.15, -0.1) is 0 Å². The lowest BCUT2D eigenvalue weighted by Gasteiger charge is -2.29. The van der Waals surface area contributed by atoms with Crippen LogP contribution in [0.5, 0.6) is 0 Å². The number of benzene rings is 1. The molecule has 3 saturated heterocycles. The Morgan fingerprint density at radius 2 is 1.36 bits per heavy atom. The lowest BCUT2D eigenvalue weighted by molar-refractivity contribution is -0.137. The Labute approximate surface area is 528 Å². The number of ketones is 1. The number of urea groups is 1. The zero-order valence-corrected chi connectivity index (χ0v) is 52.4. The summed E-state index contributed by atoms with van der Waals surface area (Å²) in [6.45, 7) is -5.83. The van der Waals surface area contributed by atoms with E-state index in [1.165, 1.54) is 40.3 Å². The number of aromatic nitrogens is 8. The summed E-state index contributed by atoms with van der Waals surface area (Å²) in [5.74, 6) is -2.79. The minimum atomic E-state index is -4.38. The summed E-state index contributed by atoms with van der Waals surface area (Å²) in [4.78, 5) is 137. The van der Waals surface area contributed by atoms with Gasteiger partial charge in [0.2, 0.25) is 11.8 Å². The standard InChI is InChI=1S/C53H68F2N16O16P2S2/c1-28(2)40(68-35(73)9-4-3-5-19-69-36(74)14-15-37(69)75)32(72)20-30(8-6-16-59-52(57)77)49(76)67-31-12-10-29(11-13-31)21-81-53(78)60-18-7-17-58-46-42-48(64-25-62-46)71(27-66-42)51-39(55)44-34(85-51)23-83-88(79,90)86-43-33(22-82-89(80,91)87-44)84-50(38(43)54)70-26-65-41-45(56)61-24-63-47(41)70/h10-15,24-28,30,33-34,38-40,43-44,50-51H,3-9,16-23H2,1-2H3,(H,60,78)(H,67,76)(H,68,73)(H,79,90)(H,80,91)(H2,56,61,63)(H3,57,59,77)(H,58,62,64)/t30-,33-,34-,38-,39-,40?,43-,44-,50-,51-,88?,89?/m1/s1. The maximum absolute atomic E-state index is 16.7. The number of rotatable bonds is 26. The SMILES string of the molecule is CC(C)C(NC(=O)CCCCCN1C(=O)C=CC1=O)C(=O)C[C@@H](CCCNC(N)=O)C(=O)Nc1ccc(COC(=O)NCCCNc2ncnc3c2ncn3[C@@H]2O[C@@H]3COP(O)(=S)O[C@H]4[C@@H](F)[C@H](n5cnc6c(N)ncnc65)O[C@@H]4COP(O)(=S)O[C@H]3[C@H]2F)cc1. The van der Waals surface area contributed by atoms with Gasteiger partial charge in [0.25, 0.3) is 11.8 Å². The highest BCUT2D eigenvalue weighted by Gasteiger charge is 2.54. The molecule has 5 aromatic rings. The first kappa shape index (κ1) is 68.2. The van der Waals surface area contributed by atoms with Gasteiger partial charge in [0.05, 0.1) is 31.9 Å². The van der Waals surface area contributed by atoms with E-state index < -0.39 is 106 Å². The van der Waals surface area contributed by atoms with Crippen molar-refractivity contribution in [1.82, 2.24) is 59.9 Å². The molecule has 492 valence electrons. The molecule has 8 heterocycles. The number of nitrogens with one attached hydrogen (secondary N) is 5. The van der Waals surface area contributed by atoms with Crippen LogP contribution in [-0.4, -0.2) is 177 Å². The van der Waals surface area contributed by atoms with Crippen LogP contribution < -0.4 is 38.1 Å². The number of alkyl carbamates (subject to hydrolysis) is 1. The van der Waals surface area contributed by atoms with E-state index in [4.69, 9.17) is 67.4 Å². The van der Waals surface area contributed by atoms with Crippen molar-refractivity contribution in [3.63, 3.8) is 0 Å². The molecule has 0 bridgehead atoms. The monoisotopic (exact) mass is 1350 g/mol. The van der Waals surface area contributed by atoms with E-state index in [0.717, 1.165) is 11.2 Å². The highest BCUT2D eigenvalue weighted by Crippen LogP contribution is 2.55. The molecule has 4 aromatic heterocycles. The Hall–Kier alpha value is -7.21. The number of Topliss-reactive ketones (excluding diaryl/α,β-unsaturated/α-hetero) is 1. The summed E-state index contributed by atoms with van der Waals surface area (Å²) in [6, 6.07) is 4.87. The van der Waals surface area contributed by atoms with Crippen molar-refractivity contribution in [2.75, 3.05) is 55.8 Å². The fourth-order valence-corrected chi connectivity index (χ4v) is 13.3. The van der Waals surface area contributed by atoms with Crippen LogP contribution in [0.25, 0.3) is 22.3 Å². The molecule has 3 fully saturated rings. The first-order chi connectivity index (χ1) is 43.5. The molecule has 3 unspecified atom stereocenters. The molecule has 91 heavy (non-hydrogen) atoms. The molecule has 11 N–H and O–H groups in total. The number of halogens is 2. The third-order valence-electron chi connectivity index (χ3n) is 15.0. The second-order valence-electron chi connectivity index (χ2n) is 21.8. The minimum Gasteiger partial charge on any atom is -0.445 e. The number of imidazole rings is 2. The molecule has 12 atom stereocenters. The number of carbonyl (C=O) groups excluding carboxylic acids is 7. The van der Waals surface area contributed by atoms with E-state index >= 15 is 8.78 Å². The topological polar surface area (TPSA) is 427 Å². The highest BCUT2D eigenvalue weighted by molar-refractivity contribution is 8.07. The van der Waals surface area contributed by atoms with Crippen molar-refractivity contribution in [1.29, 1.82) is 0 Å². The molecule has 0 spiro atoms. The van der Waals surface area contributed by atoms with Gasteiger partial charge in [-0.3, -0.25) is 47.1 Å². The van der Waals surface area contributed by atoms with Gasteiger partial charge in [0.15, 0.2) is 59.0 Å². The number of amides is 7. The van der Waals surface area contributed by atoms with E-state index in [2.05, 4.69) is 56.5 Å². The van der Waals surface area contributed by atoms with Gasteiger partial charge in [0, 0.05) is 62.8 Å². The van der Waals surface area contributed by atoms with Gasteiger partial charge in [-0.1, -0.05) is 32.4 Å². The number of primary amides is 1. The summed E-state index contributed by atoms with van der Waals surface area (Å²) >= 11 is 10.5. The minimum absolute atomic E-state index is 0.0276. The highest BCUT2D eigenvalue weighted by atomic mass is 32.5. The first-order valence-corrected chi connectivity index (χ1v) is 34.1. The van der Waals surface area contributed by atoms with Crippen molar-refractivity contribution in [3.05, 3.63) is 67.3 Å². The van der Waals surface area contributed by atoms with Crippen molar-refractivity contribution < 1.29 is 84.4 Å². The summed E-state index contributed by atoms with van der Waals surface area (Å²) in [6.07, 6.45) is -4.41. The number of ether oxygens (including phenoxy) is 3. The number of hydrogen-bond donors (Lipinski definition) is 9. The van der Waals surface area contributed by atoms with Crippen LogP contribution >= 0.6 is 13.4 Å². The maximum Gasteiger partial charge on any atom is 0.407 e. The molecule has 9 rings (SSSR count). The van der Waals surface area contributed by atoms with Crippen LogP contribution in [0.1, 0.15) is 83.2 Å². The lowest BCUT2D eigenvalue weighted by Crippen LogP contribution is -2.45. The summed E-state index contributed by atoms with van der Waals surface area (Å²) in [7, 11) is 0. The van der Waals surface area contributed by atoms with Gasteiger partial charge < -0.3 is 71.1 Å². The number of imide groups is 1. The van der Waals surface area contributed by atoms with Crippen molar-refractivity contribution in [3.8, 4) is 0 Å². The van der Waals surface area contributed by atoms with Gasteiger partial charge in [-0.25, -0.2) is 48.3 Å². The van der Waals surface area contributed by atoms with Crippen LogP contribution in [0.2, 0.25) is 0 Å². The number of nitrogens with zero attached hydrogens (tertiary/aromatic N) is 9. The zero-order chi connectivity index (χ0) is 65.1. The van der Waals surface area contributed by atoms with E-state index in [1.807, 2.05) is 0 Å². The Kier molecular flexibility index (Phi) is 22.8. The first-order valence-electron chi connectivity index (χ1n) is 28.9. The second-order valence-corrected chi connectivity index (χ2v) is 27.4. The van der Waals surface area contributed by atoms with Gasteiger partial charge in [-0.2, -0.15) is 0 Å². The normalized spacial score (nSPS) is 25.7. The lowest BCUT2D eigenvalue weighted by atomic mass is 9.89. The Morgan fingerprint density at radius 3 is 1.98 bits per heavy atom. The van der Waals surface area contributed by atoms with Crippen LogP contribution in [0.15, 0.2) is 61.7 Å². The molecular formula is C53H68F2N16O16P2S2. The predicted molar refractivity (Wildman–Crippen MR) is 325 cm³/mol. The number of alkyl halides is 2. The zero-order valence-electron chi connectivity index (χ0n) is 49.0. The fourth-order valence-electron chi connectivity index (χ4n) is 10.4. The van der Waals surface area contributed by atoms with E-state index in [0.29, 0.717) is 43.4 Å². The Bertz CT molecular complexity index is 3600. The number of nitrogens with two attached hydrogens (primary N) is 2. The van der Waals surface area contributed by atoms with Crippen molar-refractivity contribution in [2.24, 2.45) is 17.6 Å². The number of hydrogen-bond acceptors (Lipinski definition) is 24. The molecule has 0 aliphatic carbocycles. The van der Waals surface area contributed by atoms with Crippen molar-refractivity contribution in [2.45, 2.75) is 127 Å². The molecule has 4 aliphatic rings. The largest absolute Gasteiger partial charge is 0.445 e. The second kappa shape index (κ2) is 30.5. The molecule has 38 heteroatoms. The van der Waals surface area contributed by atoms with E-state index in [1.54, 1.807) is 38.1 Å². The average molecular weight is 1350 g/mol. The Morgan fingerprint density at radius 1 is 0.769 bits per heavy atom.